The average molecular weight is 530 g/mol. The van der Waals surface area contributed by atoms with Crippen LogP contribution < -0.4 is 24.7 Å². The zero-order valence-corrected chi connectivity index (χ0v) is 23.3. The van der Waals surface area contributed by atoms with E-state index in [1.807, 2.05) is 33.8 Å². The van der Waals surface area contributed by atoms with Crippen LogP contribution in [0.25, 0.3) is 0 Å². The standard InChI is InChI=1S/C29H40FN3O5/c1-7-36-23-15-19-16-33(28(32)24(19)25(30)27(23)37-8-2)17-21(34)18-13-20(29(3,4)5)26(35-6)22(14-18)38-12-10-9-11-31/h13-15,32H,7-12,16-17,31H2,1-6H3. The van der Waals surface area contributed by atoms with Crippen LogP contribution in [0.15, 0.2) is 18.2 Å². The molecule has 1 heterocycles. The molecule has 0 saturated carbocycles. The fraction of sp³-hybridized carbons (Fsp3) is 0.517. The second kappa shape index (κ2) is 12.5. The van der Waals surface area contributed by atoms with Gasteiger partial charge in [-0.3, -0.25) is 10.2 Å². The van der Waals surface area contributed by atoms with Crippen LogP contribution in [-0.2, 0) is 12.0 Å². The molecule has 1 aliphatic rings. The molecule has 3 N–H and O–H groups in total. The summed E-state index contributed by atoms with van der Waals surface area (Å²) in [7, 11) is 1.59. The molecule has 0 bridgehead atoms. The van der Waals surface area contributed by atoms with Crippen molar-refractivity contribution in [3.8, 4) is 23.0 Å². The zero-order valence-electron chi connectivity index (χ0n) is 23.3. The van der Waals surface area contributed by atoms with Gasteiger partial charge in [0.05, 0.1) is 39.0 Å². The Morgan fingerprint density at radius 3 is 2.34 bits per heavy atom. The van der Waals surface area contributed by atoms with Crippen molar-refractivity contribution in [3.05, 3.63) is 46.3 Å². The van der Waals surface area contributed by atoms with E-state index >= 15 is 4.39 Å². The number of ketones is 1. The molecule has 0 saturated heterocycles. The minimum Gasteiger partial charge on any atom is -0.493 e. The Hall–Kier alpha value is -3.33. The fourth-order valence-corrected chi connectivity index (χ4v) is 4.49. The number of rotatable bonds is 13. The van der Waals surface area contributed by atoms with Crippen molar-refractivity contribution in [2.75, 3.05) is 40.0 Å². The van der Waals surface area contributed by atoms with Gasteiger partial charge in [0.25, 0.3) is 0 Å². The fourth-order valence-electron chi connectivity index (χ4n) is 4.49. The van der Waals surface area contributed by atoms with Gasteiger partial charge in [-0.15, -0.1) is 0 Å². The van der Waals surface area contributed by atoms with Crippen molar-refractivity contribution in [3.63, 3.8) is 0 Å². The molecule has 38 heavy (non-hydrogen) atoms. The summed E-state index contributed by atoms with van der Waals surface area (Å²) in [6, 6.07) is 5.21. The summed E-state index contributed by atoms with van der Waals surface area (Å²) in [5.74, 6) is 0.474. The summed E-state index contributed by atoms with van der Waals surface area (Å²) in [4.78, 5) is 15.1. The van der Waals surface area contributed by atoms with E-state index in [9.17, 15) is 4.79 Å². The molecular weight excluding hydrogens is 489 g/mol. The molecule has 2 aromatic carbocycles. The maximum absolute atomic E-state index is 15.4. The number of benzene rings is 2. The number of halogens is 1. The number of nitrogens with two attached hydrogens (primary N) is 1. The molecule has 0 unspecified atom stereocenters. The van der Waals surface area contributed by atoms with Gasteiger partial charge in [0.2, 0.25) is 0 Å². The lowest BCUT2D eigenvalue weighted by atomic mass is 9.84. The van der Waals surface area contributed by atoms with Gasteiger partial charge in [0.1, 0.15) is 5.84 Å². The largest absolute Gasteiger partial charge is 0.493 e. The molecular formula is C29H40FN3O5. The third-order valence-electron chi connectivity index (χ3n) is 6.35. The van der Waals surface area contributed by atoms with E-state index in [2.05, 4.69) is 0 Å². The number of unbranched alkanes of at least 4 members (excludes halogenated alkanes) is 1. The number of methoxy groups -OCH3 is 1. The lowest BCUT2D eigenvalue weighted by Gasteiger charge is -2.25. The Balaban J connectivity index is 1.92. The van der Waals surface area contributed by atoms with Crippen molar-refractivity contribution < 1.29 is 28.1 Å². The lowest BCUT2D eigenvalue weighted by Crippen LogP contribution is -2.30. The van der Waals surface area contributed by atoms with E-state index in [1.165, 1.54) is 0 Å². The molecule has 8 nitrogen and oxygen atoms in total. The summed E-state index contributed by atoms with van der Waals surface area (Å²) in [6.07, 6.45) is 1.61. The topological polar surface area (TPSA) is 107 Å². The number of hydrogen-bond acceptors (Lipinski definition) is 7. The van der Waals surface area contributed by atoms with E-state index in [0.717, 1.165) is 18.4 Å². The van der Waals surface area contributed by atoms with Gasteiger partial charge in [-0.2, -0.15) is 0 Å². The molecule has 0 spiro atoms. The minimum absolute atomic E-state index is 0.00701. The van der Waals surface area contributed by atoms with Crippen LogP contribution >= 0.6 is 0 Å². The Morgan fingerprint density at radius 2 is 1.74 bits per heavy atom. The number of nitrogens with one attached hydrogen (secondary N) is 1. The third kappa shape index (κ3) is 6.20. The number of hydrogen-bond donors (Lipinski definition) is 2. The van der Waals surface area contributed by atoms with Gasteiger partial charge in [0.15, 0.2) is 34.6 Å². The summed E-state index contributed by atoms with van der Waals surface area (Å²) in [6.45, 7) is 11.4. The summed E-state index contributed by atoms with van der Waals surface area (Å²) in [5.41, 5.74) is 7.29. The molecule has 2 aromatic rings. The highest BCUT2D eigenvalue weighted by Gasteiger charge is 2.33. The monoisotopic (exact) mass is 529 g/mol. The van der Waals surface area contributed by atoms with Crippen LogP contribution in [0.5, 0.6) is 23.0 Å². The molecule has 0 aromatic heterocycles. The van der Waals surface area contributed by atoms with E-state index in [-0.39, 0.29) is 48.0 Å². The molecule has 208 valence electrons. The molecule has 1 aliphatic heterocycles. The van der Waals surface area contributed by atoms with Gasteiger partial charge >= 0.3 is 0 Å². The number of carbonyl (C=O) groups is 1. The number of fused-ring (bicyclic) bond motifs is 1. The van der Waals surface area contributed by atoms with Gasteiger partial charge in [-0.05, 0) is 62.4 Å². The van der Waals surface area contributed by atoms with Gasteiger partial charge < -0.3 is 29.6 Å². The molecule has 0 aliphatic carbocycles. The second-order valence-corrected chi connectivity index (χ2v) is 10.2. The number of amidine groups is 1. The number of Topliss-reactive ketones (excluding diaryl/α,β-unsaturated/α-hetero) is 1. The maximum atomic E-state index is 15.4. The van der Waals surface area contributed by atoms with Crippen LogP contribution in [0.2, 0.25) is 0 Å². The summed E-state index contributed by atoms with van der Waals surface area (Å²) < 4.78 is 38.2. The van der Waals surface area contributed by atoms with Crippen molar-refractivity contribution in [1.29, 1.82) is 5.41 Å². The predicted molar refractivity (Wildman–Crippen MR) is 146 cm³/mol. The van der Waals surface area contributed by atoms with E-state index < -0.39 is 5.82 Å². The molecule has 0 amide bonds. The van der Waals surface area contributed by atoms with Crippen molar-refractivity contribution in [2.24, 2.45) is 5.73 Å². The third-order valence-corrected chi connectivity index (χ3v) is 6.35. The smallest absolute Gasteiger partial charge is 0.197 e. The Kier molecular flexibility index (Phi) is 9.60. The van der Waals surface area contributed by atoms with Crippen LogP contribution in [0.1, 0.15) is 74.5 Å². The first-order valence-electron chi connectivity index (χ1n) is 13.1. The quantitative estimate of drug-likeness (QED) is 0.276. The maximum Gasteiger partial charge on any atom is 0.197 e. The van der Waals surface area contributed by atoms with Gasteiger partial charge in [-0.25, -0.2) is 4.39 Å². The Labute approximate surface area is 224 Å². The normalized spacial score (nSPS) is 12.9. The van der Waals surface area contributed by atoms with Crippen molar-refractivity contribution in [1.82, 2.24) is 4.90 Å². The summed E-state index contributed by atoms with van der Waals surface area (Å²) >= 11 is 0. The van der Waals surface area contributed by atoms with Crippen LogP contribution in [-0.4, -0.2) is 56.5 Å². The van der Waals surface area contributed by atoms with Gasteiger partial charge in [0, 0.05) is 17.7 Å². The SMILES string of the molecule is CCOc1cc2c(c(F)c1OCC)C(=N)N(CC(=O)c1cc(OCCCCN)c(OC)c(C(C)(C)C)c1)C2. The number of ether oxygens (including phenoxy) is 4. The Bertz CT molecular complexity index is 1180. The highest BCUT2D eigenvalue weighted by molar-refractivity contribution is 6.06. The van der Waals surface area contributed by atoms with E-state index in [4.69, 9.17) is 30.1 Å². The molecule has 9 heteroatoms. The van der Waals surface area contributed by atoms with Crippen molar-refractivity contribution in [2.45, 2.75) is 59.4 Å². The number of nitrogens with zero attached hydrogens (tertiary/aromatic N) is 1. The van der Waals surface area contributed by atoms with Crippen LogP contribution in [0, 0.1) is 11.2 Å². The number of carbonyl (C=O) groups excluding carboxylic acids is 1. The molecule has 3 rings (SSSR count). The van der Waals surface area contributed by atoms with Crippen molar-refractivity contribution >= 4 is 11.6 Å². The minimum atomic E-state index is -0.639. The molecule has 0 radical (unpaired) electrons. The first-order chi connectivity index (χ1) is 18.1. The van der Waals surface area contributed by atoms with E-state index in [1.54, 1.807) is 31.1 Å². The molecule has 0 fully saturated rings. The lowest BCUT2D eigenvalue weighted by molar-refractivity contribution is 0.0962. The van der Waals surface area contributed by atoms with E-state index in [0.29, 0.717) is 48.1 Å². The average Bonchev–Trinajstić information content (AvgIpc) is 3.17. The van der Waals surface area contributed by atoms with Gasteiger partial charge in [-0.1, -0.05) is 20.8 Å². The summed E-state index contributed by atoms with van der Waals surface area (Å²) in [5, 5.41) is 8.65. The first-order valence-corrected chi connectivity index (χ1v) is 13.1. The molecule has 0 atom stereocenters. The highest BCUT2D eigenvalue weighted by Crippen LogP contribution is 2.41. The Morgan fingerprint density at radius 1 is 1.05 bits per heavy atom. The predicted octanol–water partition coefficient (Wildman–Crippen LogP) is 5.07. The zero-order chi connectivity index (χ0) is 28.0. The first kappa shape index (κ1) is 29.2. The highest BCUT2D eigenvalue weighted by atomic mass is 19.1. The van der Waals surface area contributed by atoms with Crippen LogP contribution in [0.4, 0.5) is 4.39 Å². The van der Waals surface area contributed by atoms with Crippen LogP contribution in [0.3, 0.4) is 0 Å². The second-order valence-electron chi connectivity index (χ2n) is 10.2.